The molecule has 1 fully saturated rings. The van der Waals surface area contributed by atoms with Crippen molar-refractivity contribution in [3.63, 3.8) is 0 Å². The Balaban J connectivity index is 1.20. The molecule has 1 amide bonds. The van der Waals surface area contributed by atoms with Gasteiger partial charge in [0.05, 0.1) is 30.4 Å². The fourth-order valence-corrected chi connectivity index (χ4v) is 3.93. The number of fused-ring (bicyclic) bond motifs is 1. The van der Waals surface area contributed by atoms with Gasteiger partial charge >= 0.3 is 0 Å². The van der Waals surface area contributed by atoms with Crippen molar-refractivity contribution in [1.29, 1.82) is 0 Å². The molecule has 4 aromatic rings. The molecule has 8 nitrogen and oxygen atoms in total. The average Bonchev–Trinajstić information content (AvgIpc) is 3.46. The first-order valence-corrected chi connectivity index (χ1v) is 10.3. The van der Waals surface area contributed by atoms with Crippen molar-refractivity contribution >= 4 is 16.9 Å². The minimum absolute atomic E-state index is 0.0231. The number of piperazine rings is 1. The van der Waals surface area contributed by atoms with Gasteiger partial charge < -0.3 is 14.6 Å². The zero-order chi connectivity index (χ0) is 21.2. The van der Waals surface area contributed by atoms with Crippen LogP contribution in [-0.2, 0) is 6.54 Å². The first-order chi connectivity index (χ1) is 15.2. The summed E-state index contributed by atoms with van der Waals surface area (Å²) in [6.45, 7) is 3.71. The van der Waals surface area contributed by atoms with Gasteiger partial charge in [0.1, 0.15) is 17.3 Å². The van der Waals surface area contributed by atoms with Crippen LogP contribution < -0.4 is 4.74 Å². The second-order valence-electron chi connectivity index (χ2n) is 7.67. The molecular weight excluding hydrogens is 392 g/mol. The first-order valence-electron chi connectivity index (χ1n) is 10.3. The summed E-state index contributed by atoms with van der Waals surface area (Å²) in [6.07, 6.45) is 0. The van der Waals surface area contributed by atoms with Crippen LogP contribution in [0.5, 0.6) is 5.75 Å². The minimum atomic E-state index is -0.0231. The number of carbonyl (C=O) groups excluding carboxylic acids is 1. The van der Waals surface area contributed by atoms with Crippen molar-refractivity contribution in [2.75, 3.05) is 33.3 Å². The number of amides is 1. The third-order valence-corrected chi connectivity index (χ3v) is 5.65. The number of benzene rings is 2. The molecule has 1 aliphatic heterocycles. The maximum atomic E-state index is 12.9. The van der Waals surface area contributed by atoms with Crippen molar-refractivity contribution in [3.8, 4) is 17.0 Å². The number of hydrogen-bond acceptors (Lipinski definition) is 5. The van der Waals surface area contributed by atoms with E-state index in [1.165, 1.54) is 0 Å². The van der Waals surface area contributed by atoms with Crippen molar-refractivity contribution < 1.29 is 9.53 Å². The van der Waals surface area contributed by atoms with Crippen LogP contribution in [-0.4, -0.2) is 69.2 Å². The van der Waals surface area contributed by atoms with Crippen LogP contribution in [0.1, 0.15) is 16.3 Å². The van der Waals surface area contributed by atoms with E-state index in [4.69, 9.17) is 4.74 Å². The number of rotatable bonds is 5. The van der Waals surface area contributed by atoms with Crippen molar-refractivity contribution in [3.05, 3.63) is 66.1 Å². The largest absolute Gasteiger partial charge is 0.497 e. The summed E-state index contributed by atoms with van der Waals surface area (Å²) in [5.41, 5.74) is 4.18. The molecule has 0 aliphatic carbocycles. The van der Waals surface area contributed by atoms with Crippen LogP contribution in [0.3, 0.4) is 0 Å². The van der Waals surface area contributed by atoms with Gasteiger partial charge in [-0.15, -0.1) is 0 Å². The van der Waals surface area contributed by atoms with Gasteiger partial charge in [-0.2, -0.15) is 5.10 Å². The third kappa shape index (κ3) is 4.02. The Morgan fingerprint density at radius 1 is 1.06 bits per heavy atom. The van der Waals surface area contributed by atoms with Gasteiger partial charge in [0.15, 0.2) is 0 Å². The minimum Gasteiger partial charge on any atom is -0.497 e. The maximum absolute atomic E-state index is 12.9. The van der Waals surface area contributed by atoms with E-state index in [2.05, 4.69) is 25.1 Å². The van der Waals surface area contributed by atoms with Crippen LogP contribution in [0.4, 0.5) is 0 Å². The monoisotopic (exact) mass is 416 g/mol. The fourth-order valence-electron chi connectivity index (χ4n) is 3.93. The average molecular weight is 416 g/mol. The summed E-state index contributed by atoms with van der Waals surface area (Å²) in [6, 6.07) is 17.5. The second kappa shape index (κ2) is 8.23. The topological polar surface area (TPSA) is 90.1 Å². The Morgan fingerprint density at radius 2 is 1.90 bits per heavy atom. The lowest BCUT2D eigenvalue weighted by atomic mass is 10.1. The number of imidazole rings is 1. The van der Waals surface area contributed by atoms with E-state index in [1.807, 2.05) is 53.4 Å². The Morgan fingerprint density at radius 3 is 2.71 bits per heavy atom. The van der Waals surface area contributed by atoms with Gasteiger partial charge in [0, 0.05) is 31.7 Å². The number of ether oxygens (including phenoxy) is 1. The van der Waals surface area contributed by atoms with E-state index in [0.29, 0.717) is 18.8 Å². The van der Waals surface area contributed by atoms with Crippen molar-refractivity contribution in [2.24, 2.45) is 0 Å². The number of methoxy groups -OCH3 is 1. The molecule has 2 N–H and O–H groups in total. The smallest absolute Gasteiger partial charge is 0.271 e. The summed E-state index contributed by atoms with van der Waals surface area (Å²) in [4.78, 5) is 25.2. The van der Waals surface area contributed by atoms with Gasteiger partial charge in [0.2, 0.25) is 0 Å². The number of para-hydroxylation sites is 2. The van der Waals surface area contributed by atoms with Gasteiger partial charge in [-0.25, -0.2) is 4.98 Å². The number of aromatic amines is 2. The number of aromatic nitrogens is 4. The molecule has 0 radical (unpaired) electrons. The maximum Gasteiger partial charge on any atom is 0.271 e. The van der Waals surface area contributed by atoms with E-state index in [9.17, 15) is 4.79 Å². The van der Waals surface area contributed by atoms with E-state index < -0.39 is 0 Å². The van der Waals surface area contributed by atoms with Crippen LogP contribution >= 0.6 is 0 Å². The lowest BCUT2D eigenvalue weighted by Crippen LogP contribution is -2.48. The first kappa shape index (κ1) is 19.3. The molecule has 3 heterocycles. The zero-order valence-electron chi connectivity index (χ0n) is 17.3. The lowest BCUT2D eigenvalue weighted by Gasteiger charge is -2.33. The second-order valence-corrected chi connectivity index (χ2v) is 7.67. The van der Waals surface area contributed by atoms with Crippen molar-refractivity contribution in [2.45, 2.75) is 6.54 Å². The molecule has 158 valence electrons. The molecule has 1 aliphatic rings. The number of H-pyrrole nitrogens is 2. The number of carbonyl (C=O) groups is 1. The summed E-state index contributed by atoms with van der Waals surface area (Å²) in [5, 5.41) is 7.21. The van der Waals surface area contributed by atoms with Crippen molar-refractivity contribution in [1.82, 2.24) is 30.0 Å². The molecular formula is C23H24N6O2. The Kier molecular flexibility index (Phi) is 5.13. The van der Waals surface area contributed by atoms with Crippen LogP contribution in [0, 0.1) is 0 Å². The molecule has 0 bridgehead atoms. The SMILES string of the molecule is COc1cccc(-c2cc(C(=O)N3CCN(Cc4nc5ccccc5[nH]4)CC3)[nH]n2)c1. The van der Waals surface area contributed by atoms with Gasteiger partial charge in [-0.1, -0.05) is 24.3 Å². The highest BCUT2D eigenvalue weighted by molar-refractivity contribution is 5.93. The van der Waals surface area contributed by atoms with E-state index in [1.54, 1.807) is 13.2 Å². The van der Waals surface area contributed by atoms with Gasteiger partial charge in [0.25, 0.3) is 5.91 Å². The number of nitrogens with zero attached hydrogens (tertiary/aromatic N) is 4. The molecule has 0 unspecified atom stereocenters. The summed E-state index contributed by atoms with van der Waals surface area (Å²) in [7, 11) is 1.63. The summed E-state index contributed by atoms with van der Waals surface area (Å²) >= 11 is 0. The van der Waals surface area contributed by atoms with Crippen LogP contribution in [0.25, 0.3) is 22.3 Å². The Bertz CT molecular complexity index is 1170. The predicted octanol–water partition coefficient (Wildman–Crippen LogP) is 2.92. The van der Waals surface area contributed by atoms with Gasteiger partial charge in [-0.3, -0.25) is 14.8 Å². The molecule has 2 aromatic carbocycles. The normalized spacial score (nSPS) is 14.8. The molecule has 0 saturated carbocycles. The summed E-state index contributed by atoms with van der Waals surface area (Å²) in [5.74, 6) is 1.69. The zero-order valence-corrected chi connectivity index (χ0v) is 17.3. The highest BCUT2D eigenvalue weighted by Gasteiger charge is 2.24. The quantitative estimate of drug-likeness (QED) is 0.522. The van der Waals surface area contributed by atoms with E-state index >= 15 is 0 Å². The molecule has 0 atom stereocenters. The standard InChI is InChI=1S/C23H24N6O2/c1-31-17-6-4-5-16(13-17)20-14-21(27-26-20)23(30)29-11-9-28(10-12-29)15-22-24-18-7-2-3-8-19(18)25-22/h2-8,13-14H,9-12,15H2,1H3,(H,24,25)(H,26,27). The fraction of sp³-hybridized carbons (Fsp3) is 0.261. The summed E-state index contributed by atoms with van der Waals surface area (Å²) < 4.78 is 5.27. The van der Waals surface area contributed by atoms with E-state index in [0.717, 1.165) is 53.5 Å². The molecule has 5 rings (SSSR count). The van der Waals surface area contributed by atoms with Crippen LogP contribution in [0.15, 0.2) is 54.6 Å². The van der Waals surface area contributed by atoms with E-state index in [-0.39, 0.29) is 5.91 Å². The predicted molar refractivity (Wildman–Crippen MR) is 118 cm³/mol. The number of nitrogens with one attached hydrogen (secondary N) is 2. The molecule has 8 heteroatoms. The highest BCUT2D eigenvalue weighted by atomic mass is 16.5. The highest BCUT2D eigenvalue weighted by Crippen LogP contribution is 2.23. The molecule has 0 spiro atoms. The van der Waals surface area contributed by atoms with Gasteiger partial charge in [-0.05, 0) is 30.3 Å². The van der Waals surface area contributed by atoms with Crippen LogP contribution in [0.2, 0.25) is 0 Å². The Hall–Kier alpha value is -3.65. The molecule has 2 aromatic heterocycles. The molecule has 31 heavy (non-hydrogen) atoms. The Labute approximate surface area is 179 Å². The number of hydrogen-bond donors (Lipinski definition) is 2. The lowest BCUT2D eigenvalue weighted by molar-refractivity contribution is 0.0620. The third-order valence-electron chi connectivity index (χ3n) is 5.65. The molecule has 1 saturated heterocycles.